The van der Waals surface area contributed by atoms with Crippen LogP contribution >= 0.6 is 11.3 Å². The molecule has 1 aliphatic rings. The van der Waals surface area contributed by atoms with Gasteiger partial charge in [0, 0.05) is 25.6 Å². The van der Waals surface area contributed by atoms with Gasteiger partial charge < -0.3 is 0 Å². The zero-order valence-corrected chi connectivity index (χ0v) is 16.9. The van der Waals surface area contributed by atoms with Crippen molar-refractivity contribution in [3.63, 3.8) is 0 Å². The van der Waals surface area contributed by atoms with Crippen molar-refractivity contribution in [2.24, 2.45) is 0 Å². The fourth-order valence-corrected chi connectivity index (χ4v) is 4.75. The number of rotatable bonds is 6. The predicted molar refractivity (Wildman–Crippen MR) is 110 cm³/mol. The molecule has 148 valence electrons. The fraction of sp³-hybridized carbons (Fsp3) is 0.150. The number of benzene rings is 1. The summed E-state index contributed by atoms with van der Waals surface area (Å²) in [6.07, 6.45) is 2.01. The van der Waals surface area contributed by atoms with Gasteiger partial charge in [0.2, 0.25) is 21.8 Å². The Balaban J connectivity index is 1.47. The second kappa shape index (κ2) is 7.86. The molecule has 1 aromatic carbocycles. The average molecular weight is 428 g/mol. The molecule has 3 aromatic rings. The van der Waals surface area contributed by atoms with Gasteiger partial charge in [-0.1, -0.05) is 6.07 Å². The molecule has 7 nitrogen and oxygen atoms in total. The van der Waals surface area contributed by atoms with E-state index >= 15 is 0 Å². The van der Waals surface area contributed by atoms with Gasteiger partial charge in [-0.3, -0.25) is 19.5 Å². The summed E-state index contributed by atoms with van der Waals surface area (Å²) < 4.78 is 27.8. The molecule has 0 unspecified atom stereocenters. The molecule has 1 saturated heterocycles. The number of sulfonamides is 1. The van der Waals surface area contributed by atoms with E-state index in [4.69, 9.17) is 0 Å². The number of anilines is 1. The highest BCUT2D eigenvalue weighted by Crippen LogP contribution is 2.25. The first-order valence-corrected chi connectivity index (χ1v) is 11.2. The Hall–Kier alpha value is -2.88. The molecule has 0 radical (unpaired) electrons. The van der Waals surface area contributed by atoms with Crippen molar-refractivity contribution in [3.8, 4) is 10.6 Å². The van der Waals surface area contributed by atoms with Crippen LogP contribution in [0, 0.1) is 0 Å². The maximum absolute atomic E-state index is 12.6. The third-order valence-electron chi connectivity index (χ3n) is 4.52. The van der Waals surface area contributed by atoms with Crippen LogP contribution in [0.2, 0.25) is 0 Å². The van der Waals surface area contributed by atoms with E-state index in [0.29, 0.717) is 5.69 Å². The van der Waals surface area contributed by atoms with Gasteiger partial charge in [-0.2, -0.15) is 0 Å². The second-order valence-electron chi connectivity index (χ2n) is 6.47. The molecule has 29 heavy (non-hydrogen) atoms. The molecule has 1 N–H and O–H groups in total. The van der Waals surface area contributed by atoms with Crippen molar-refractivity contribution >= 4 is 38.9 Å². The van der Waals surface area contributed by atoms with Crippen molar-refractivity contribution in [1.29, 1.82) is 0 Å². The molecule has 0 atom stereocenters. The van der Waals surface area contributed by atoms with Crippen molar-refractivity contribution in [3.05, 3.63) is 65.7 Å². The van der Waals surface area contributed by atoms with Crippen molar-refractivity contribution < 1.29 is 18.0 Å². The molecular formula is C20H17N3O4S2. The largest absolute Gasteiger partial charge is 0.274 e. The second-order valence-corrected chi connectivity index (χ2v) is 9.18. The minimum absolute atomic E-state index is 0.0629. The lowest BCUT2D eigenvalue weighted by Crippen LogP contribution is -2.28. The first kappa shape index (κ1) is 19.4. The minimum atomic E-state index is -3.75. The van der Waals surface area contributed by atoms with E-state index in [1.807, 2.05) is 23.6 Å². The molecule has 0 saturated carbocycles. The summed E-state index contributed by atoms with van der Waals surface area (Å²) in [4.78, 5) is 30.1. The normalized spacial score (nSPS) is 14.6. The molecule has 2 amide bonds. The van der Waals surface area contributed by atoms with E-state index in [-0.39, 0.29) is 36.1 Å². The lowest BCUT2D eigenvalue weighted by molar-refractivity contribution is -0.121. The first-order chi connectivity index (χ1) is 13.9. The van der Waals surface area contributed by atoms with Gasteiger partial charge in [0.1, 0.15) is 0 Å². The van der Waals surface area contributed by atoms with E-state index < -0.39 is 10.0 Å². The molecule has 0 aliphatic carbocycles. The number of carbonyl (C=O) groups is 2. The standard InChI is InChI=1S/C20H17N3O4S2/c24-19-7-8-20(25)23(19)15-3-5-16(6-4-15)29(26,27)22-13-14-9-10-21-17(12-14)18-2-1-11-28-18/h1-6,9-12,22H,7-8,13H2. The van der Waals surface area contributed by atoms with Gasteiger partial charge in [0.25, 0.3) is 0 Å². The monoisotopic (exact) mass is 427 g/mol. The first-order valence-electron chi connectivity index (χ1n) is 8.88. The number of thiophene rings is 1. The zero-order valence-electron chi connectivity index (χ0n) is 15.2. The van der Waals surface area contributed by atoms with Gasteiger partial charge in [-0.05, 0) is 53.4 Å². The van der Waals surface area contributed by atoms with Crippen LogP contribution in [-0.4, -0.2) is 25.2 Å². The molecule has 0 bridgehead atoms. The summed E-state index contributed by atoms with van der Waals surface area (Å²) in [6.45, 7) is 0.119. The van der Waals surface area contributed by atoms with Crippen LogP contribution in [0.25, 0.3) is 10.6 Å². The molecular weight excluding hydrogens is 410 g/mol. The number of hydrogen-bond donors (Lipinski definition) is 1. The maximum Gasteiger partial charge on any atom is 0.240 e. The molecule has 9 heteroatoms. The van der Waals surface area contributed by atoms with Crippen LogP contribution in [0.4, 0.5) is 5.69 Å². The molecule has 2 aromatic heterocycles. The van der Waals surface area contributed by atoms with Gasteiger partial charge in [-0.15, -0.1) is 11.3 Å². The quantitative estimate of drug-likeness (QED) is 0.610. The molecule has 4 rings (SSSR count). The van der Waals surface area contributed by atoms with Crippen LogP contribution in [0.1, 0.15) is 18.4 Å². The Bertz CT molecular complexity index is 1140. The lowest BCUT2D eigenvalue weighted by atomic mass is 10.2. The number of nitrogens with one attached hydrogen (secondary N) is 1. The SMILES string of the molecule is O=C1CCC(=O)N1c1ccc(S(=O)(=O)NCc2ccnc(-c3cccs3)c2)cc1. The highest BCUT2D eigenvalue weighted by Gasteiger charge is 2.30. The van der Waals surface area contributed by atoms with Gasteiger partial charge >= 0.3 is 0 Å². The summed E-state index contributed by atoms with van der Waals surface area (Å²) >= 11 is 1.56. The number of aromatic nitrogens is 1. The van der Waals surface area contributed by atoms with Crippen molar-refractivity contribution in [2.45, 2.75) is 24.3 Å². The van der Waals surface area contributed by atoms with E-state index in [9.17, 15) is 18.0 Å². The van der Waals surface area contributed by atoms with Crippen LogP contribution < -0.4 is 9.62 Å². The Morgan fingerprint density at radius 1 is 1.03 bits per heavy atom. The summed E-state index contributed by atoms with van der Waals surface area (Å²) in [5, 5.41) is 1.96. The number of amides is 2. The smallest absolute Gasteiger partial charge is 0.240 e. The van der Waals surface area contributed by atoms with Gasteiger partial charge in [0.05, 0.1) is 21.2 Å². The molecule has 1 aliphatic heterocycles. The highest BCUT2D eigenvalue weighted by molar-refractivity contribution is 7.89. The van der Waals surface area contributed by atoms with Crippen molar-refractivity contribution in [2.75, 3.05) is 4.90 Å². The van der Waals surface area contributed by atoms with Crippen molar-refractivity contribution in [1.82, 2.24) is 9.71 Å². The van der Waals surface area contributed by atoms with Gasteiger partial charge in [0.15, 0.2) is 0 Å². The lowest BCUT2D eigenvalue weighted by Gasteiger charge is -2.14. The number of imide groups is 1. The number of nitrogens with zero attached hydrogens (tertiary/aromatic N) is 2. The summed E-state index contributed by atoms with van der Waals surface area (Å²) in [5.41, 5.74) is 1.96. The molecule has 1 fully saturated rings. The predicted octanol–water partition coefficient (Wildman–Crippen LogP) is 2.94. The van der Waals surface area contributed by atoms with Crippen LogP contribution in [-0.2, 0) is 26.2 Å². The summed E-state index contributed by atoms with van der Waals surface area (Å²) in [5.74, 6) is -0.550. The summed E-state index contributed by atoms with van der Waals surface area (Å²) in [7, 11) is -3.75. The third kappa shape index (κ3) is 4.12. The Morgan fingerprint density at radius 3 is 2.41 bits per heavy atom. The van der Waals surface area contributed by atoms with E-state index in [0.717, 1.165) is 21.0 Å². The van der Waals surface area contributed by atoms with Gasteiger partial charge in [-0.25, -0.2) is 13.1 Å². The Kier molecular flexibility index (Phi) is 5.27. The average Bonchev–Trinajstić information content (AvgIpc) is 3.37. The molecule has 3 heterocycles. The zero-order chi connectivity index (χ0) is 20.4. The van der Waals surface area contributed by atoms with Crippen LogP contribution in [0.3, 0.4) is 0 Å². The number of carbonyl (C=O) groups excluding carboxylic acids is 2. The third-order valence-corrected chi connectivity index (χ3v) is 6.83. The Morgan fingerprint density at radius 2 is 1.76 bits per heavy atom. The van der Waals surface area contributed by atoms with E-state index in [1.54, 1.807) is 23.6 Å². The molecule has 0 spiro atoms. The minimum Gasteiger partial charge on any atom is -0.274 e. The highest BCUT2D eigenvalue weighted by atomic mass is 32.2. The fourth-order valence-electron chi connectivity index (χ4n) is 3.04. The van der Waals surface area contributed by atoms with E-state index in [1.165, 1.54) is 24.3 Å². The number of hydrogen-bond acceptors (Lipinski definition) is 6. The van der Waals surface area contributed by atoms with Crippen LogP contribution in [0.5, 0.6) is 0 Å². The van der Waals surface area contributed by atoms with Crippen LogP contribution in [0.15, 0.2) is 65.0 Å². The maximum atomic E-state index is 12.6. The number of pyridine rings is 1. The summed E-state index contributed by atoms with van der Waals surface area (Å²) in [6, 6.07) is 13.2. The van der Waals surface area contributed by atoms with E-state index in [2.05, 4.69) is 9.71 Å². The topological polar surface area (TPSA) is 96.4 Å². The Labute approximate surface area is 172 Å².